The van der Waals surface area contributed by atoms with Gasteiger partial charge < -0.3 is 25.1 Å². The summed E-state index contributed by atoms with van der Waals surface area (Å²) >= 11 is 0. The van der Waals surface area contributed by atoms with E-state index in [2.05, 4.69) is 15.0 Å². The van der Waals surface area contributed by atoms with Gasteiger partial charge in [0.25, 0.3) is 0 Å². The molecule has 2 aromatic heterocycles. The van der Waals surface area contributed by atoms with Crippen molar-refractivity contribution in [2.24, 2.45) is 0 Å². The molecule has 0 atom stereocenters. The van der Waals surface area contributed by atoms with Crippen molar-refractivity contribution in [3.05, 3.63) is 29.8 Å². The Kier molecular flexibility index (Phi) is 5.05. The number of rotatable bonds is 4. The minimum atomic E-state index is -4.32. The molecule has 0 unspecified atom stereocenters. The number of sulfone groups is 1. The number of aromatic nitrogens is 3. The molecule has 0 saturated carbocycles. The average molecular weight is 450 g/mol. The number of ether oxygens (including phenoxy) is 2. The molecule has 9 nitrogen and oxygen atoms in total. The Morgan fingerprint density at radius 3 is 2.71 bits per heavy atom. The van der Waals surface area contributed by atoms with Crippen LogP contribution in [-0.2, 0) is 14.6 Å². The molecule has 3 heterocycles. The molecule has 3 N–H and O–H groups in total. The van der Waals surface area contributed by atoms with Crippen molar-refractivity contribution in [1.29, 1.82) is 0 Å². The van der Waals surface area contributed by atoms with Gasteiger partial charge in [-0.1, -0.05) is 0 Å². The second-order valence-electron chi connectivity index (χ2n) is 8.02. The standard InChI is InChI=1S/C20H24FN5O4S/c1-11-23-15-16(19(24-11)26-7-8-30-20(2,3)10-26)25-18(22)17(15)31(27,28)14-6-5-12(29-4)9-13(14)21/h5-6,9,25H,7-8,10,22H2,1-4H3. The molecule has 166 valence electrons. The molecule has 1 aliphatic heterocycles. The topological polar surface area (TPSA) is 123 Å². The third-order valence-corrected chi connectivity index (χ3v) is 7.00. The van der Waals surface area contributed by atoms with Gasteiger partial charge in [-0.3, -0.25) is 0 Å². The number of anilines is 2. The molecule has 1 fully saturated rings. The van der Waals surface area contributed by atoms with Crippen LogP contribution in [0.3, 0.4) is 0 Å². The Bertz CT molecular complexity index is 1270. The number of halogens is 1. The summed E-state index contributed by atoms with van der Waals surface area (Å²) in [6.07, 6.45) is 0. The van der Waals surface area contributed by atoms with Gasteiger partial charge in [0.15, 0.2) is 5.82 Å². The van der Waals surface area contributed by atoms with Crippen LogP contribution in [0.4, 0.5) is 16.0 Å². The van der Waals surface area contributed by atoms with E-state index in [4.69, 9.17) is 15.2 Å². The van der Waals surface area contributed by atoms with Gasteiger partial charge >= 0.3 is 0 Å². The highest BCUT2D eigenvalue weighted by Crippen LogP contribution is 2.37. The number of hydrogen-bond acceptors (Lipinski definition) is 8. The van der Waals surface area contributed by atoms with Gasteiger partial charge in [-0.2, -0.15) is 0 Å². The van der Waals surface area contributed by atoms with Crippen molar-refractivity contribution in [1.82, 2.24) is 15.0 Å². The zero-order valence-electron chi connectivity index (χ0n) is 17.7. The number of benzene rings is 1. The Balaban J connectivity index is 1.91. The second-order valence-corrected chi connectivity index (χ2v) is 9.87. The average Bonchev–Trinajstić information content (AvgIpc) is 3.02. The summed E-state index contributed by atoms with van der Waals surface area (Å²) in [5, 5.41) is 0. The van der Waals surface area contributed by atoms with E-state index in [1.807, 2.05) is 18.7 Å². The number of nitrogens with one attached hydrogen (secondary N) is 1. The summed E-state index contributed by atoms with van der Waals surface area (Å²) in [6.45, 7) is 7.22. The maximum absolute atomic E-state index is 14.6. The highest BCUT2D eigenvalue weighted by Gasteiger charge is 2.33. The summed E-state index contributed by atoms with van der Waals surface area (Å²) in [7, 11) is -2.95. The van der Waals surface area contributed by atoms with Crippen molar-refractivity contribution in [2.45, 2.75) is 36.2 Å². The van der Waals surface area contributed by atoms with E-state index in [9.17, 15) is 12.8 Å². The number of morpholine rings is 1. The van der Waals surface area contributed by atoms with E-state index in [0.717, 1.165) is 12.1 Å². The van der Waals surface area contributed by atoms with Crippen molar-refractivity contribution >= 4 is 32.5 Å². The summed E-state index contributed by atoms with van der Waals surface area (Å²) in [5.41, 5.74) is 6.20. The van der Waals surface area contributed by atoms with Crippen LogP contribution in [0.5, 0.6) is 5.75 Å². The van der Waals surface area contributed by atoms with E-state index in [1.54, 1.807) is 6.92 Å². The number of aromatic amines is 1. The van der Waals surface area contributed by atoms with Crippen LogP contribution in [0.2, 0.25) is 0 Å². The molecule has 3 aromatic rings. The van der Waals surface area contributed by atoms with Gasteiger partial charge in [0.1, 0.15) is 44.0 Å². The number of H-pyrrole nitrogens is 1. The molecule has 1 aromatic carbocycles. The molecule has 0 aliphatic carbocycles. The van der Waals surface area contributed by atoms with Crippen LogP contribution in [-0.4, -0.2) is 55.8 Å². The minimum Gasteiger partial charge on any atom is -0.497 e. The maximum atomic E-state index is 14.6. The monoisotopic (exact) mass is 449 g/mol. The maximum Gasteiger partial charge on any atom is 0.215 e. The van der Waals surface area contributed by atoms with Gasteiger partial charge in [-0.25, -0.2) is 22.8 Å². The first-order valence-corrected chi connectivity index (χ1v) is 11.1. The van der Waals surface area contributed by atoms with Crippen LogP contribution >= 0.6 is 0 Å². The largest absolute Gasteiger partial charge is 0.497 e. The van der Waals surface area contributed by atoms with E-state index < -0.39 is 26.2 Å². The molecule has 1 aliphatic rings. The third kappa shape index (κ3) is 3.68. The van der Waals surface area contributed by atoms with Crippen molar-refractivity contribution in [2.75, 3.05) is 37.4 Å². The number of methoxy groups -OCH3 is 1. The van der Waals surface area contributed by atoms with Crippen LogP contribution in [0.1, 0.15) is 19.7 Å². The lowest BCUT2D eigenvalue weighted by Crippen LogP contribution is -2.48. The minimum absolute atomic E-state index is 0.125. The van der Waals surface area contributed by atoms with Gasteiger partial charge in [-0.15, -0.1) is 0 Å². The molecule has 11 heteroatoms. The molecule has 4 rings (SSSR count). The first-order chi connectivity index (χ1) is 14.5. The summed E-state index contributed by atoms with van der Waals surface area (Å²) in [6, 6.07) is 3.54. The van der Waals surface area contributed by atoms with Gasteiger partial charge in [0, 0.05) is 19.2 Å². The summed E-state index contributed by atoms with van der Waals surface area (Å²) in [4.78, 5) is 13.0. The lowest BCUT2D eigenvalue weighted by atomic mass is 10.1. The number of nitrogen functional groups attached to an aromatic ring is 1. The number of hydrogen-bond donors (Lipinski definition) is 2. The fourth-order valence-electron chi connectivity index (χ4n) is 3.79. The molecule has 31 heavy (non-hydrogen) atoms. The molecule has 0 radical (unpaired) electrons. The lowest BCUT2D eigenvalue weighted by Gasteiger charge is -2.38. The fourth-order valence-corrected chi connectivity index (χ4v) is 5.32. The summed E-state index contributed by atoms with van der Waals surface area (Å²) in [5.74, 6) is 0.0475. The van der Waals surface area contributed by atoms with Crippen LogP contribution in [0, 0.1) is 12.7 Å². The highest BCUT2D eigenvalue weighted by atomic mass is 32.2. The second kappa shape index (κ2) is 7.34. The predicted octanol–water partition coefficient (Wildman–Crippen LogP) is 2.44. The molecule has 0 spiro atoms. The number of fused-ring (bicyclic) bond motifs is 1. The van der Waals surface area contributed by atoms with Crippen molar-refractivity contribution in [3.8, 4) is 5.75 Å². The van der Waals surface area contributed by atoms with Crippen molar-refractivity contribution in [3.63, 3.8) is 0 Å². The Labute approximate surface area is 179 Å². The Morgan fingerprint density at radius 1 is 1.32 bits per heavy atom. The van der Waals surface area contributed by atoms with Crippen molar-refractivity contribution < 1.29 is 22.3 Å². The first-order valence-electron chi connectivity index (χ1n) is 9.67. The number of aryl methyl sites for hydroxylation is 1. The zero-order chi connectivity index (χ0) is 22.6. The highest BCUT2D eigenvalue weighted by molar-refractivity contribution is 7.92. The molecular weight excluding hydrogens is 425 g/mol. The van der Waals surface area contributed by atoms with E-state index in [-0.39, 0.29) is 22.0 Å². The van der Waals surface area contributed by atoms with E-state index in [1.165, 1.54) is 13.2 Å². The smallest absolute Gasteiger partial charge is 0.215 e. The summed E-state index contributed by atoms with van der Waals surface area (Å²) < 4.78 is 52.1. The number of nitrogens with two attached hydrogens (primary N) is 1. The quantitative estimate of drug-likeness (QED) is 0.623. The normalized spacial score (nSPS) is 16.6. The van der Waals surface area contributed by atoms with Gasteiger partial charge in [0.2, 0.25) is 9.84 Å². The van der Waals surface area contributed by atoms with E-state index in [0.29, 0.717) is 36.9 Å². The molecule has 0 bridgehead atoms. The van der Waals surface area contributed by atoms with Gasteiger partial charge in [0.05, 0.1) is 19.3 Å². The Morgan fingerprint density at radius 2 is 2.06 bits per heavy atom. The fraction of sp³-hybridized carbons (Fsp3) is 0.400. The van der Waals surface area contributed by atoms with Gasteiger partial charge in [-0.05, 0) is 32.9 Å². The first kappa shape index (κ1) is 21.3. The lowest BCUT2D eigenvalue weighted by molar-refractivity contribution is -0.0278. The van der Waals surface area contributed by atoms with Crippen LogP contribution in [0.25, 0.3) is 11.0 Å². The number of nitrogens with zero attached hydrogens (tertiary/aromatic N) is 3. The molecular formula is C20H24FN5O4S. The van der Waals surface area contributed by atoms with Crippen LogP contribution in [0.15, 0.2) is 28.0 Å². The predicted molar refractivity (Wildman–Crippen MR) is 114 cm³/mol. The Hall–Kier alpha value is -2.92. The van der Waals surface area contributed by atoms with E-state index >= 15 is 0 Å². The zero-order valence-corrected chi connectivity index (χ0v) is 18.5. The molecule has 1 saturated heterocycles. The SMILES string of the molecule is COc1ccc(S(=O)(=O)c2c(N)[nH]c3c(N4CCOC(C)(C)C4)nc(C)nc23)c(F)c1. The third-order valence-electron chi connectivity index (χ3n) is 5.14. The van der Waals surface area contributed by atoms with Crippen LogP contribution < -0.4 is 15.4 Å². The molecule has 0 amide bonds.